The van der Waals surface area contributed by atoms with Crippen LogP contribution in [-0.2, 0) is 17.9 Å². The molecule has 17 heavy (non-hydrogen) atoms. The van der Waals surface area contributed by atoms with Crippen molar-refractivity contribution in [1.29, 1.82) is 0 Å². The van der Waals surface area contributed by atoms with Gasteiger partial charge in [-0.15, -0.1) is 0 Å². The second-order valence-corrected chi connectivity index (χ2v) is 4.30. The molecule has 0 spiro atoms. The minimum atomic E-state index is -0.134. The summed E-state index contributed by atoms with van der Waals surface area (Å²) in [6.07, 6.45) is 7.31. The van der Waals surface area contributed by atoms with Crippen molar-refractivity contribution in [2.75, 3.05) is 7.11 Å². The van der Waals surface area contributed by atoms with Crippen molar-refractivity contribution in [3.8, 4) is 0 Å². The molecule has 5 heteroatoms. The van der Waals surface area contributed by atoms with Gasteiger partial charge in [0.2, 0.25) is 0 Å². The van der Waals surface area contributed by atoms with Crippen molar-refractivity contribution < 1.29 is 4.74 Å². The smallest absolute Gasteiger partial charge is 0.343 e. The molecule has 1 aromatic heterocycles. The summed E-state index contributed by atoms with van der Waals surface area (Å²) < 4.78 is 6.67. The number of aromatic nitrogens is 3. The third-order valence-corrected chi connectivity index (χ3v) is 2.85. The van der Waals surface area contributed by atoms with E-state index in [1.165, 1.54) is 32.1 Å². The second-order valence-electron chi connectivity index (χ2n) is 4.30. The number of rotatable bonds is 9. The van der Waals surface area contributed by atoms with E-state index >= 15 is 0 Å². The lowest BCUT2D eigenvalue weighted by atomic mass is 10.1. The van der Waals surface area contributed by atoms with Crippen LogP contribution < -0.4 is 5.69 Å². The van der Waals surface area contributed by atoms with E-state index in [1.807, 2.05) is 0 Å². The van der Waals surface area contributed by atoms with E-state index in [-0.39, 0.29) is 5.69 Å². The van der Waals surface area contributed by atoms with Crippen LogP contribution in [0.3, 0.4) is 0 Å². The van der Waals surface area contributed by atoms with Gasteiger partial charge in [0, 0.05) is 13.7 Å². The molecule has 1 rings (SSSR count). The van der Waals surface area contributed by atoms with Crippen LogP contribution in [0.1, 0.15) is 51.3 Å². The van der Waals surface area contributed by atoms with Crippen LogP contribution in [0.2, 0.25) is 0 Å². The summed E-state index contributed by atoms with van der Waals surface area (Å²) in [5.74, 6) is 0.686. The van der Waals surface area contributed by atoms with Gasteiger partial charge in [0.1, 0.15) is 6.61 Å². The van der Waals surface area contributed by atoms with Crippen LogP contribution >= 0.6 is 0 Å². The Morgan fingerprint density at radius 3 is 2.65 bits per heavy atom. The fraction of sp³-hybridized carbons (Fsp3) is 0.833. The number of nitrogens with one attached hydrogen (secondary N) is 1. The molecule has 0 aliphatic rings. The van der Waals surface area contributed by atoms with Gasteiger partial charge in [0.25, 0.3) is 0 Å². The van der Waals surface area contributed by atoms with E-state index in [9.17, 15) is 4.79 Å². The van der Waals surface area contributed by atoms with Gasteiger partial charge in [-0.25, -0.2) is 9.89 Å². The number of H-pyrrole nitrogens is 1. The molecule has 0 atom stereocenters. The number of methoxy groups -OCH3 is 1. The van der Waals surface area contributed by atoms with Gasteiger partial charge >= 0.3 is 5.69 Å². The number of aromatic amines is 1. The summed E-state index contributed by atoms with van der Waals surface area (Å²) in [4.78, 5) is 11.5. The first-order valence-corrected chi connectivity index (χ1v) is 6.42. The van der Waals surface area contributed by atoms with E-state index in [0.29, 0.717) is 12.4 Å². The molecule has 0 amide bonds. The Morgan fingerprint density at radius 2 is 1.94 bits per heavy atom. The molecule has 98 valence electrons. The molecule has 0 bridgehead atoms. The normalized spacial score (nSPS) is 10.9. The summed E-state index contributed by atoms with van der Waals surface area (Å²) in [7, 11) is 1.61. The molecule has 1 aromatic rings. The number of ether oxygens (including phenoxy) is 1. The molecule has 0 aliphatic carbocycles. The first-order valence-electron chi connectivity index (χ1n) is 6.42. The van der Waals surface area contributed by atoms with Crippen LogP contribution in [0.25, 0.3) is 0 Å². The van der Waals surface area contributed by atoms with E-state index in [4.69, 9.17) is 4.74 Å². The summed E-state index contributed by atoms with van der Waals surface area (Å²) >= 11 is 0. The van der Waals surface area contributed by atoms with Gasteiger partial charge in [-0.2, -0.15) is 5.10 Å². The van der Waals surface area contributed by atoms with Gasteiger partial charge in [-0.1, -0.05) is 39.0 Å². The zero-order valence-corrected chi connectivity index (χ0v) is 10.9. The lowest BCUT2D eigenvalue weighted by molar-refractivity contribution is 0.173. The summed E-state index contributed by atoms with van der Waals surface area (Å²) in [5, 5.41) is 6.39. The quantitative estimate of drug-likeness (QED) is 0.673. The SMILES string of the molecule is CCCCCCCCn1c(COC)n[nH]c1=O. The van der Waals surface area contributed by atoms with Crippen LogP contribution in [0.4, 0.5) is 0 Å². The molecular formula is C12H23N3O2. The maximum absolute atomic E-state index is 11.5. The second kappa shape index (κ2) is 8.06. The Bertz CT molecular complexity index is 357. The lowest BCUT2D eigenvalue weighted by Gasteiger charge is -2.04. The van der Waals surface area contributed by atoms with Crippen molar-refractivity contribution >= 4 is 0 Å². The highest BCUT2D eigenvalue weighted by molar-refractivity contribution is 4.83. The highest BCUT2D eigenvalue weighted by Crippen LogP contribution is 2.06. The average molecular weight is 241 g/mol. The third-order valence-electron chi connectivity index (χ3n) is 2.85. The highest BCUT2D eigenvalue weighted by atomic mass is 16.5. The van der Waals surface area contributed by atoms with Gasteiger partial charge < -0.3 is 4.74 Å². The van der Waals surface area contributed by atoms with Crippen molar-refractivity contribution in [3.05, 3.63) is 16.3 Å². The Morgan fingerprint density at radius 1 is 1.24 bits per heavy atom. The Kier molecular flexibility index (Phi) is 6.62. The predicted octanol–water partition coefficient (Wildman–Crippen LogP) is 2.08. The van der Waals surface area contributed by atoms with Gasteiger partial charge in [-0.3, -0.25) is 4.57 Å². The molecule has 5 nitrogen and oxygen atoms in total. The minimum Gasteiger partial charge on any atom is -0.377 e. The fourth-order valence-corrected chi connectivity index (χ4v) is 1.87. The van der Waals surface area contributed by atoms with Gasteiger partial charge in [0.05, 0.1) is 0 Å². The summed E-state index contributed by atoms with van der Waals surface area (Å²) in [6, 6.07) is 0. The zero-order valence-electron chi connectivity index (χ0n) is 10.9. The monoisotopic (exact) mass is 241 g/mol. The fourth-order valence-electron chi connectivity index (χ4n) is 1.87. The number of unbranched alkanes of at least 4 members (excludes halogenated alkanes) is 5. The third kappa shape index (κ3) is 4.73. The molecule has 0 fully saturated rings. The van der Waals surface area contributed by atoms with E-state index in [1.54, 1.807) is 11.7 Å². The zero-order chi connectivity index (χ0) is 12.5. The Labute approximate surface area is 102 Å². The van der Waals surface area contributed by atoms with Gasteiger partial charge in [-0.05, 0) is 6.42 Å². The summed E-state index contributed by atoms with van der Waals surface area (Å²) in [5.41, 5.74) is -0.134. The van der Waals surface area contributed by atoms with Crippen molar-refractivity contribution in [1.82, 2.24) is 14.8 Å². The molecule has 1 heterocycles. The van der Waals surface area contributed by atoms with Crippen LogP contribution in [0.15, 0.2) is 4.79 Å². The Hall–Kier alpha value is -1.10. The van der Waals surface area contributed by atoms with E-state index < -0.39 is 0 Å². The Balaban J connectivity index is 2.30. The first-order chi connectivity index (χ1) is 8.29. The van der Waals surface area contributed by atoms with Crippen LogP contribution in [-0.4, -0.2) is 21.9 Å². The molecule has 0 unspecified atom stereocenters. The number of nitrogens with zero attached hydrogens (tertiary/aromatic N) is 2. The highest BCUT2D eigenvalue weighted by Gasteiger charge is 2.06. The molecule has 0 aromatic carbocycles. The molecule has 0 saturated carbocycles. The minimum absolute atomic E-state index is 0.134. The maximum Gasteiger partial charge on any atom is 0.343 e. The molecule has 0 saturated heterocycles. The van der Waals surface area contributed by atoms with E-state index in [0.717, 1.165) is 13.0 Å². The lowest BCUT2D eigenvalue weighted by Crippen LogP contribution is -2.19. The number of hydrogen-bond acceptors (Lipinski definition) is 3. The molecule has 0 radical (unpaired) electrons. The predicted molar refractivity (Wildman–Crippen MR) is 66.9 cm³/mol. The van der Waals surface area contributed by atoms with Gasteiger partial charge in [0.15, 0.2) is 5.82 Å². The standard InChI is InChI=1S/C12H23N3O2/c1-3-4-5-6-7-8-9-15-11(10-17-2)13-14-12(15)16/h3-10H2,1-2H3,(H,14,16). The van der Waals surface area contributed by atoms with Crippen LogP contribution in [0.5, 0.6) is 0 Å². The van der Waals surface area contributed by atoms with Crippen molar-refractivity contribution in [3.63, 3.8) is 0 Å². The number of hydrogen-bond donors (Lipinski definition) is 1. The topological polar surface area (TPSA) is 59.9 Å². The van der Waals surface area contributed by atoms with Crippen molar-refractivity contribution in [2.24, 2.45) is 0 Å². The average Bonchev–Trinajstić information content (AvgIpc) is 2.66. The molecule has 1 N–H and O–H groups in total. The van der Waals surface area contributed by atoms with Crippen LogP contribution in [0, 0.1) is 0 Å². The van der Waals surface area contributed by atoms with E-state index in [2.05, 4.69) is 17.1 Å². The van der Waals surface area contributed by atoms with Crippen molar-refractivity contribution in [2.45, 2.75) is 58.6 Å². The largest absolute Gasteiger partial charge is 0.377 e. The summed E-state index contributed by atoms with van der Waals surface area (Å²) in [6.45, 7) is 3.33. The first kappa shape index (κ1) is 14.0. The molecule has 0 aliphatic heterocycles. The maximum atomic E-state index is 11.5. The molecular weight excluding hydrogens is 218 g/mol.